The molecule has 0 aliphatic carbocycles. The summed E-state index contributed by atoms with van der Waals surface area (Å²) in [6, 6.07) is 6.29. The minimum atomic E-state index is -4.88. The van der Waals surface area contributed by atoms with Gasteiger partial charge >= 0.3 is 12.1 Å². The third-order valence-electron chi connectivity index (χ3n) is 3.03. The lowest BCUT2D eigenvalue weighted by atomic mass is 10.2. The quantitative estimate of drug-likeness (QED) is 0.865. The van der Waals surface area contributed by atoms with E-state index in [1.54, 1.807) is 35.1 Å². The van der Waals surface area contributed by atoms with E-state index in [0.717, 1.165) is 0 Å². The van der Waals surface area contributed by atoms with Crippen molar-refractivity contribution >= 4 is 16.8 Å². The number of nitrogens with one attached hydrogen (secondary N) is 1. The highest BCUT2D eigenvalue weighted by Gasteiger charge is 2.38. The molecule has 108 valence electrons. The van der Waals surface area contributed by atoms with Crippen LogP contribution in [-0.2, 0) is 18.3 Å². The second-order valence-corrected chi connectivity index (χ2v) is 4.38. The summed E-state index contributed by atoms with van der Waals surface area (Å²) in [4.78, 5) is 10.7. The molecule has 0 atom stereocenters. The van der Waals surface area contributed by atoms with Gasteiger partial charge in [-0.1, -0.05) is 12.1 Å². The summed E-state index contributed by atoms with van der Waals surface area (Å²) >= 11 is 0. The summed E-state index contributed by atoms with van der Waals surface area (Å²) in [6.45, 7) is -0.163. The van der Waals surface area contributed by atoms with Crippen molar-refractivity contribution in [3.8, 4) is 0 Å². The maximum atomic E-state index is 13.6. The van der Waals surface area contributed by atoms with Gasteiger partial charge in [0.2, 0.25) is 0 Å². The number of aromatic nitrogens is 1. The molecule has 3 nitrogen and oxygen atoms in total. The number of aryl methyl sites for hydroxylation is 1. The van der Waals surface area contributed by atoms with E-state index in [0.29, 0.717) is 16.6 Å². The van der Waals surface area contributed by atoms with Crippen LogP contribution in [-0.4, -0.2) is 23.2 Å². The highest BCUT2D eigenvalue weighted by atomic mass is 19.4. The van der Waals surface area contributed by atoms with E-state index >= 15 is 0 Å². The first kappa shape index (κ1) is 14.4. The Morgan fingerprint density at radius 1 is 1.35 bits per heavy atom. The van der Waals surface area contributed by atoms with E-state index in [2.05, 4.69) is 0 Å². The van der Waals surface area contributed by atoms with Crippen LogP contribution in [0.15, 0.2) is 24.3 Å². The van der Waals surface area contributed by atoms with E-state index in [1.165, 1.54) is 6.07 Å². The number of benzene rings is 1. The van der Waals surface area contributed by atoms with Gasteiger partial charge in [0.15, 0.2) is 0 Å². The molecule has 0 bridgehead atoms. The average Bonchev–Trinajstić information content (AvgIpc) is 2.66. The fraction of sp³-hybridized carbons (Fsp3) is 0.308. The summed E-state index contributed by atoms with van der Waals surface area (Å²) in [7, 11) is 1.63. The van der Waals surface area contributed by atoms with Crippen LogP contribution in [0.1, 0.15) is 5.69 Å². The third kappa shape index (κ3) is 2.76. The SMILES string of the molecule is Cn1c(CCNC(=O)C(F)(F)F)cc2cccc(F)c21. The zero-order valence-electron chi connectivity index (χ0n) is 10.6. The smallest absolute Gasteiger partial charge is 0.348 e. The van der Waals surface area contributed by atoms with Gasteiger partial charge in [0.25, 0.3) is 0 Å². The summed E-state index contributed by atoms with van der Waals surface area (Å²) in [5, 5.41) is 2.46. The van der Waals surface area contributed by atoms with Gasteiger partial charge < -0.3 is 9.88 Å². The maximum Gasteiger partial charge on any atom is 0.471 e. The summed E-state index contributed by atoms with van der Waals surface area (Å²) in [6.07, 6.45) is -4.70. The number of carbonyl (C=O) groups is 1. The zero-order chi connectivity index (χ0) is 14.9. The Labute approximate surface area is 112 Å². The lowest BCUT2D eigenvalue weighted by Gasteiger charge is -2.08. The Kier molecular flexibility index (Phi) is 3.69. The molecule has 0 saturated carbocycles. The van der Waals surface area contributed by atoms with Gasteiger partial charge in [0, 0.05) is 31.1 Å². The van der Waals surface area contributed by atoms with Gasteiger partial charge in [-0.15, -0.1) is 0 Å². The lowest BCUT2D eigenvalue weighted by molar-refractivity contribution is -0.173. The van der Waals surface area contributed by atoms with Crippen LogP contribution in [0.4, 0.5) is 17.6 Å². The van der Waals surface area contributed by atoms with Crippen LogP contribution >= 0.6 is 0 Å². The van der Waals surface area contributed by atoms with E-state index in [1.807, 2.05) is 0 Å². The average molecular weight is 288 g/mol. The lowest BCUT2D eigenvalue weighted by Crippen LogP contribution is -2.37. The van der Waals surface area contributed by atoms with Crippen molar-refractivity contribution in [2.45, 2.75) is 12.6 Å². The largest absolute Gasteiger partial charge is 0.471 e. The van der Waals surface area contributed by atoms with Gasteiger partial charge in [-0.05, 0) is 12.1 Å². The normalized spacial score (nSPS) is 11.8. The Hall–Kier alpha value is -2.05. The number of carbonyl (C=O) groups excluding carboxylic acids is 1. The monoisotopic (exact) mass is 288 g/mol. The molecular formula is C13H12F4N2O. The highest BCUT2D eigenvalue weighted by Crippen LogP contribution is 2.21. The minimum Gasteiger partial charge on any atom is -0.348 e. The highest BCUT2D eigenvalue weighted by molar-refractivity contribution is 5.82. The van der Waals surface area contributed by atoms with Crippen molar-refractivity contribution in [3.63, 3.8) is 0 Å². The fourth-order valence-corrected chi connectivity index (χ4v) is 2.07. The number of hydrogen-bond acceptors (Lipinski definition) is 1. The Morgan fingerprint density at radius 3 is 2.65 bits per heavy atom. The molecule has 1 N–H and O–H groups in total. The first-order chi connectivity index (χ1) is 9.30. The van der Waals surface area contributed by atoms with Gasteiger partial charge in [-0.3, -0.25) is 4.79 Å². The Bertz CT molecular complexity index is 646. The molecule has 0 radical (unpaired) electrons. The molecule has 1 amide bonds. The summed E-state index contributed by atoms with van der Waals surface area (Å²) in [5.41, 5.74) is 1.04. The molecule has 2 aromatic rings. The molecule has 2 rings (SSSR count). The molecule has 0 unspecified atom stereocenters. The van der Waals surface area contributed by atoms with Gasteiger partial charge in [0.1, 0.15) is 5.82 Å². The van der Waals surface area contributed by atoms with Crippen molar-refractivity contribution in [2.75, 3.05) is 6.54 Å². The van der Waals surface area contributed by atoms with Gasteiger partial charge in [-0.2, -0.15) is 13.2 Å². The predicted octanol–water partition coefficient (Wildman–Crippen LogP) is 2.54. The number of amides is 1. The second-order valence-electron chi connectivity index (χ2n) is 4.38. The standard InChI is InChI=1S/C13H12F4N2O/c1-19-9(5-6-18-12(20)13(15,16)17)7-8-3-2-4-10(14)11(8)19/h2-4,7H,5-6H2,1H3,(H,18,20). The Balaban J connectivity index is 2.10. The summed E-state index contributed by atoms with van der Waals surface area (Å²) in [5.74, 6) is -2.36. The van der Waals surface area contributed by atoms with Crippen LogP contribution in [0.5, 0.6) is 0 Å². The topological polar surface area (TPSA) is 34.0 Å². The number of alkyl halides is 3. The van der Waals surface area contributed by atoms with Crippen molar-refractivity contribution < 1.29 is 22.4 Å². The summed E-state index contributed by atoms with van der Waals surface area (Å²) < 4.78 is 51.2. The first-order valence-corrected chi connectivity index (χ1v) is 5.88. The number of rotatable bonds is 3. The number of nitrogens with zero attached hydrogens (tertiary/aromatic N) is 1. The molecule has 0 saturated heterocycles. The molecule has 7 heteroatoms. The van der Waals surface area contributed by atoms with Crippen molar-refractivity contribution in [1.29, 1.82) is 0 Å². The van der Waals surface area contributed by atoms with Crippen LogP contribution in [0.25, 0.3) is 10.9 Å². The van der Waals surface area contributed by atoms with E-state index in [9.17, 15) is 22.4 Å². The molecule has 0 spiro atoms. The van der Waals surface area contributed by atoms with E-state index in [-0.39, 0.29) is 13.0 Å². The van der Waals surface area contributed by atoms with Gasteiger partial charge in [-0.25, -0.2) is 4.39 Å². The molecule has 1 heterocycles. The maximum absolute atomic E-state index is 13.6. The van der Waals surface area contributed by atoms with Gasteiger partial charge in [0.05, 0.1) is 5.52 Å². The van der Waals surface area contributed by atoms with Crippen LogP contribution in [0, 0.1) is 5.82 Å². The Morgan fingerprint density at radius 2 is 2.05 bits per heavy atom. The number of hydrogen-bond donors (Lipinski definition) is 1. The molecule has 20 heavy (non-hydrogen) atoms. The van der Waals surface area contributed by atoms with Crippen molar-refractivity contribution in [1.82, 2.24) is 9.88 Å². The third-order valence-corrected chi connectivity index (χ3v) is 3.03. The van der Waals surface area contributed by atoms with Crippen LogP contribution in [0.2, 0.25) is 0 Å². The molecular weight excluding hydrogens is 276 g/mol. The molecule has 1 aromatic carbocycles. The number of halogens is 4. The molecule has 1 aromatic heterocycles. The fourth-order valence-electron chi connectivity index (χ4n) is 2.07. The number of fused-ring (bicyclic) bond motifs is 1. The van der Waals surface area contributed by atoms with E-state index in [4.69, 9.17) is 0 Å². The first-order valence-electron chi connectivity index (χ1n) is 5.88. The van der Waals surface area contributed by atoms with E-state index < -0.39 is 17.9 Å². The van der Waals surface area contributed by atoms with Crippen molar-refractivity contribution in [3.05, 3.63) is 35.8 Å². The van der Waals surface area contributed by atoms with Crippen LogP contribution < -0.4 is 5.32 Å². The molecule has 0 fully saturated rings. The molecule has 0 aliphatic rings. The zero-order valence-corrected chi connectivity index (χ0v) is 10.6. The molecule has 0 aliphatic heterocycles. The predicted molar refractivity (Wildman–Crippen MR) is 65.6 cm³/mol. The van der Waals surface area contributed by atoms with Crippen molar-refractivity contribution in [2.24, 2.45) is 7.05 Å². The number of para-hydroxylation sites is 1. The van der Waals surface area contributed by atoms with Crippen LogP contribution in [0.3, 0.4) is 0 Å². The second kappa shape index (κ2) is 5.15. The minimum absolute atomic E-state index is 0.163.